The van der Waals surface area contributed by atoms with Crippen molar-refractivity contribution in [3.05, 3.63) is 48.5 Å². The summed E-state index contributed by atoms with van der Waals surface area (Å²) in [6.07, 6.45) is 0. The van der Waals surface area contributed by atoms with Crippen LogP contribution < -0.4 is 10.4 Å². The van der Waals surface area contributed by atoms with Crippen molar-refractivity contribution in [1.29, 1.82) is 0 Å². The molecule has 5 heteroatoms. The van der Waals surface area contributed by atoms with Gasteiger partial charge in [0.15, 0.2) is 0 Å². The maximum Gasteiger partial charge on any atom is 0.496 e. The maximum absolute atomic E-state index is 6.42. The van der Waals surface area contributed by atoms with E-state index in [0.29, 0.717) is 0 Å². The van der Waals surface area contributed by atoms with E-state index in [0.717, 1.165) is 5.46 Å². The zero-order valence-electron chi connectivity index (χ0n) is 16.9. The molecule has 1 aliphatic rings. The van der Waals surface area contributed by atoms with Crippen molar-refractivity contribution < 1.29 is 9.31 Å². The van der Waals surface area contributed by atoms with Gasteiger partial charge in [-0.25, -0.2) is 0 Å². The summed E-state index contributed by atoms with van der Waals surface area (Å²) in [5, 5.41) is 1.22. The largest absolute Gasteiger partial charge is 0.496 e. The number of hydrogen-bond donors (Lipinski definition) is 0. The number of rotatable bonds is 3. The van der Waals surface area contributed by atoms with Gasteiger partial charge >= 0.3 is 7.12 Å². The lowest BCUT2D eigenvalue weighted by molar-refractivity contribution is 0.00578. The van der Waals surface area contributed by atoms with Crippen LogP contribution in [0.4, 0.5) is 5.69 Å². The monoisotopic (exact) mass is 379 g/mol. The van der Waals surface area contributed by atoms with Gasteiger partial charge in [0.2, 0.25) is 0 Å². The lowest BCUT2D eigenvalue weighted by Gasteiger charge is -2.32. The van der Waals surface area contributed by atoms with Crippen molar-refractivity contribution in [1.82, 2.24) is 0 Å². The second-order valence-electron chi connectivity index (χ2n) is 8.37. The first kappa shape index (κ1) is 18.5. The smallest absolute Gasteiger partial charge is 0.399 e. The standard InChI is InChI=1S/C22H26BNO2S/c1-21(2)22(3,4)26-23(25-21)19-17-9-7-8-10-18(17)27-20(19)15-11-13-16(14-12-15)24(5)6/h7-14H,1-6H3. The molecule has 0 N–H and O–H groups in total. The average molecular weight is 379 g/mol. The summed E-state index contributed by atoms with van der Waals surface area (Å²) in [6, 6.07) is 17.2. The molecule has 1 fully saturated rings. The Labute approximate surface area is 166 Å². The van der Waals surface area contributed by atoms with E-state index in [1.807, 2.05) is 0 Å². The predicted octanol–water partition coefficient (Wildman–Crippen LogP) is 4.93. The van der Waals surface area contributed by atoms with Crippen molar-refractivity contribution in [3.8, 4) is 10.4 Å². The first-order chi connectivity index (χ1) is 12.7. The molecule has 1 aromatic heterocycles. The van der Waals surface area contributed by atoms with Crippen molar-refractivity contribution in [2.75, 3.05) is 19.0 Å². The van der Waals surface area contributed by atoms with Gasteiger partial charge in [0.25, 0.3) is 0 Å². The molecule has 1 aliphatic heterocycles. The second kappa shape index (κ2) is 6.37. The van der Waals surface area contributed by atoms with Crippen LogP contribution in [0, 0.1) is 0 Å². The Balaban J connectivity index is 1.86. The lowest BCUT2D eigenvalue weighted by Crippen LogP contribution is -2.41. The summed E-state index contributed by atoms with van der Waals surface area (Å²) in [6.45, 7) is 8.42. The molecule has 1 saturated heterocycles. The van der Waals surface area contributed by atoms with E-state index in [9.17, 15) is 0 Å². The number of hydrogen-bond acceptors (Lipinski definition) is 4. The number of thiophene rings is 1. The molecule has 140 valence electrons. The Morgan fingerprint density at radius 1 is 0.852 bits per heavy atom. The van der Waals surface area contributed by atoms with Crippen LogP contribution >= 0.6 is 11.3 Å². The molecule has 0 atom stereocenters. The van der Waals surface area contributed by atoms with Gasteiger partial charge in [-0.05, 0) is 56.8 Å². The van der Waals surface area contributed by atoms with Crippen molar-refractivity contribution >= 4 is 39.7 Å². The summed E-state index contributed by atoms with van der Waals surface area (Å²) in [7, 11) is 3.75. The van der Waals surface area contributed by atoms with Gasteiger partial charge in [0.05, 0.1) is 11.2 Å². The first-order valence-electron chi connectivity index (χ1n) is 9.34. The molecule has 27 heavy (non-hydrogen) atoms. The molecule has 0 spiro atoms. The fraction of sp³-hybridized carbons (Fsp3) is 0.364. The van der Waals surface area contributed by atoms with E-state index in [-0.39, 0.29) is 18.3 Å². The van der Waals surface area contributed by atoms with Gasteiger partial charge in [0, 0.05) is 34.8 Å². The normalized spacial score (nSPS) is 18.2. The van der Waals surface area contributed by atoms with Gasteiger partial charge in [0.1, 0.15) is 0 Å². The number of benzene rings is 2. The van der Waals surface area contributed by atoms with Gasteiger partial charge < -0.3 is 14.2 Å². The number of anilines is 1. The highest BCUT2D eigenvalue weighted by atomic mass is 32.1. The van der Waals surface area contributed by atoms with Crippen LogP contribution in [0.1, 0.15) is 27.7 Å². The van der Waals surface area contributed by atoms with Crippen LogP contribution in [0.25, 0.3) is 20.5 Å². The van der Waals surface area contributed by atoms with Crippen molar-refractivity contribution in [2.24, 2.45) is 0 Å². The zero-order valence-corrected chi connectivity index (χ0v) is 17.7. The Bertz CT molecular complexity index is 960. The van der Waals surface area contributed by atoms with E-state index in [4.69, 9.17) is 9.31 Å². The highest BCUT2D eigenvalue weighted by Crippen LogP contribution is 2.40. The van der Waals surface area contributed by atoms with E-state index >= 15 is 0 Å². The molecule has 0 aliphatic carbocycles. The molecule has 2 aromatic carbocycles. The third-order valence-electron chi connectivity index (χ3n) is 5.77. The summed E-state index contributed by atoms with van der Waals surface area (Å²) >= 11 is 1.80. The van der Waals surface area contributed by atoms with E-state index in [1.165, 1.54) is 26.2 Å². The molecular weight excluding hydrogens is 353 g/mol. The molecule has 0 bridgehead atoms. The minimum absolute atomic E-state index is 0.354. The van der Waals surface area contributed by atoms with Gasteiger partial charge in [-0.3, -0.25) is 0 Å². The van der Waals surface area contributed by atoms with Crippen LogP contribution in [0.5, 0.6) is 0 Å². The Morgan fingerprint density at radius 3 is 2.04 bits per heavy atom. The Morgan fingerprint density at radius 2 is 1.44 bits per heavy atom. The summed E-state index contributed by atoms with van der Waals surface area (Å²) in [5.74, 6) is 0. The van der Waals surface area contributed by atoms with Gasteiger partial charge in [-0.15, -0.1) is 11.3 Å². The Kier molecular flexibility index (Phi) is 4.37. The topological polar surface area (TPSA) is 21.7 Å². The fourth-order valence-corrected chi connectivity index (χ4v) is 4.61. The molecule has 0 amide bonds. The van der Waals surface area contributed by atoms with Crippen LogP contribution in [0.2, 0.25) is 0 Å². The van der Waals surface area contributed by atoms with Crippen molar-refractivity contribution in [3.63, 3.8) is 0 Å². The molecule has 0 unspecified atom stereocenters. The van der Waals surface area contributed by atoms with Gasteiger partial charge in [-0.1, -0.05) is 30.3 Å². The molecule has 3 nitrogen and oxygen atoms in total. The minimum atomic E-state index is -0.366. The van der Waals surface area contributed by atoms with E-state index in [2.05, 4.69) is 95.2 Å². The highest BCUT2D eigenvalue weighted by Gasteiger charge is 2.53. The third kappa shape index (κ3) is 3.08. The fourth-order valence-electron chi connectivity index (χ4n) is 3.39. The summed E-state index contributed by atoms with van der Waals surface area (Å²) in [5.41, 5.74) is 2.83. The van der Waals surface area contributed by atoms with Crippen LogP contribution in [0.3, 0.4) is 0 Å². The van der Waals surface area contributed by atoms with Gasteiger partial charge in [-0.2, -0.15) is 0 Å². The van der Waals surface area contributed by atoms with Crippen molar-refractivity contribution in [2.45, 2.75) is 38.9 Å². The molecule has 3 aromatic rings. The van der Waals surface area contributed by atoms with Crippen LogP contribution in [-0.4, -0.2) is 32.4 Å². The summed E-state index contributed by atoms with van der Waals surface area (Å²) < 4.78 is 14.1. The molecule has 0 radical (unpaired) electrons. The number of nitrogens with zero attached hydrogens (tertiary/aromatic N) is 1. The zero-order chi connectivity index (χ0) is 19.4. The SMILES string of the molecule is CN(C)c1ccc(-c2sc3ccccc3c2B2OC(C)(C)C(C)(C)O2)cc1. The Hall–Kier alpha value is -1.82. The molecular formula is C22H26BNO2S. The molecule has 0 saturated carbocycles. The quantitative estimate of drug-likeness (QED) is 0.602. The first-order valence-corrected chi connectivity index (χ1v) is 10.2. The number of fused-ring (bicyclic) bond motifs is 1. The molecule has 2 heterocycles. The highest BCUT2D eigenvalue weighted by molar-refractivity contribution is 7.24. The lowest BCUT2D eigenvalue weighted by atomic mass is 9.76. The third-order valence-corrected chi connectivity index (χ3v) is 7.00. The van der Waals surface area contributed by atoms with E-state index in [1.54, 1.807) is 11.3 Å². The van der Waals surface area contributed by atoms with Crippen LogP contribution in [-0.2, 0) is 9.31 Å². The maximum atomic E-state index is 6.42. The molecule has 4 rings (SSSR count). The van der Waals surface area contributed by atoms with Crippen LogP contribution in [0.15, 0.2) is 48.5 Å². The second-order valence-corrected chi connectivity index (χ2v) is 9.42. The summed E-state index contributed by atoms with van der Waals surface area (Å²) in [4.78, 5) is 3.34. The average Bonchev–Trinajstić information content (AvgIpc) is 3.09. The minimum Gasteiger partial charge on any atom is -0.399 e. The van der Waals surface area contributed by atoms with E-state index < -0.39 is 0 Å². The predicted molar refractivity (Wildman–Crippen MR) is 117 cm³/mol.